The van der Waals surface area contributed by atoms with E-state index in [9.17, 15) is 19.1 Å². The SMILES string of the molecule is COC(=O)c1ccc(-c2ccc(F)c(C(=O)[O-])c2)cc1. The van der Waals surface area contributed by atoms with Gasteiger partial charge in [-0.25, -0.2) is 9.18 Å². The van der Waals surface area contributed by atoms with E-state index in [0.717, 1.165) is 6.07 Å². The van der Waals surface area contributed by atoms with E-state index in [1.54, 1.807) is 24.3 Å². The van der Waals surface area contributed by atoms with Crippen molar-refractivity contribution >= 4 is 11.9 Å². The van der Waals surface area contributed by atoms with Crippen LogP contribution in [-0.4, -0.2) is 19.0 Å². The number of aromatic carboxylic acids is 1. The van der Waals surface area contributed by atoms with Crippen LogP contribution in [0.2, 0.25) is 0 Å². The Labute approximate surface area is 114 Å². The van der Waals surface area contributed by atoms with Crippen molar-refractivity contribution in [2.45, 2.75) is 0 Å². The van der Waals surface area contributed by atoms with Crippen LogP contribution in [0.5, 0.6) is 0 Å². The minimum absolute atomic E-state index is 0.374. The van der Waals surface area contributed by atoms with Gasteiger partial charge in [0.1, 0.15) is 5.82 Å². The molecular formula is C15H10FO4-. The van der Waals surface area contributed by atoms with Gasteiger partial charge < -0.3 is 14.6 Å². The van der Waals surface area contributed by atoms with Crippen molar-refractivity contribution in [3.05, 3.63) is 59.4 Å². The monoisotopic (exact) mass is 273 g/mol. The first kappa shape index (κ1) is 13.7. The number of methoxy groups -OCH3 is 1. The summed E-state index contributed by atoms with van der Waals surface area (Å²) in [5.74, 6) is -2.89. The van der Waals surface area contributed by atoms with Gasteiger partial charge in [-0.3, -0.25) is 0 Å². The number of carboxylic acids is 1. The van der Waals surface area contributed by atoms with E-state index in [0.29, 0.717) is 16.7 Å². The van der Waals surface area contributed by atoms with Gasteiger partial charge in [0, 0.05) is 5.56 Å². The summed E-state index contributed by atoms with van der Waals surface area (Å²) in [6.07, 6.45) is 0. The highest BCUT2D eigenvalue weighted by atomic mass is 19.1. The largest absolute Gasteiger partial charge is 0.545 e. The molecule has 0 fully saturated rings. The van der Waals surface area contributed by atoms with Crippen LogP contribution in [-0.2, 0) is 4.74 Å². The predicted molar refractivity (Wildman–Crippen MR) is 67.5 cm³/mol. The van der Waals surface area contributed by atoms with Gasteiger partial charge in [0.15, 0.2) is 0 Å². The molecule has 0 heterocycles. The first-order valence-electron chi connectivity index (χ1n) is 5.72. The number of carboxylic acid groups (broad SMARTS) is 1. The number of esters is 1. The van der Waals surface area contributed by atoms with Crippen molar-refractivity contribution < 1.29 is 23.8 Å². The summed E-state index contributed by atoms with van der Waals surface area (Å²) >= 11 is 0. The molecule has 4 nitrogen and oxygen atoms in total. The predicted octanol–water partition coefficient (Wildman–Crippen LogP) is 1.64. The lowest BCUT2D eigenvalue weighted by Crippen LogP contribution is -2.23. The van der Waals surface area contributed by atoms with Gasteiger partial charge >= 0.3 is 5.97 Å². The highest BCUT2D eigenvalue weighted by Gasteiger charge is 2.08. The number of hydrogen-bond donors (Lipinski definition) is 0. The second-order valence-electron chi connectivity index (χ2n) is 4.05. The van der Waals surface area contributed by atoms with Crippen molar-refractivity contribution in [2.24, 2.45) is 0 Å². The Morgan fingerprint density at radius 1 is 1.05 bits per heavy atom. The van der Waals surface area contributed by atoms with E-state index < -0.39 is 23.3 Å². The average Bonchev–Trinajstić information content (AvgIpc) is 2.47. The lowest BCUT2D eigenvalue weighted by Gasteiger charge is -2.08. The van der Waals surface area contributed by atoms with E-state index in [2.05, 4.69) is 4.74 Å². The normalized spacial score (nSPS) is 10.1. The molecule has 0 aliphatic heterocycles. The average molecular weight is 273 g/mol. The van der Waals surface area contributed by atoms with Crippen LogP contribution >= 0.6 is 0 Å². The molecule has 2 aromatic rings. The van der Waals surface area contributed by atoms with Crippen molar-refractivity contribution in [3.63, 3.8) is 0 Å². The molecule has 0 bridgehead atoms. The Bertz CT molecular complexity index is 662. The Kier molecular flexibility index (Phi) is 3.79. The van der Waals surface area contributed by atoms with E-state index in [4.69, 9.17) is 0 Å². The molecule has 20 heavy (non-hydrogen) atoms. The summed E-state index contributed by atoms with van der Waals surface area (Å²) in [6, 6.07) is 10.0. The molecular weight excluding hydrogens is 263 g/mol. The summed E-state index contributed by atoms with van der Waals surface area (Å²) in [5, 5.41) is 10.8. The van der Waals surface area contributed by atoms with E-state index >= 15 is 0 Å². The number of hydrogen-bond acceptors (Lipinski definition) is 4. The molecule has 0 aromatic heterocycles. The summed E-state index contributed by atoms with van der Waals surface area (Å²) in [4.78, 5) is 22.1. The van der Waals surface area contributed by atoms with Gasteiger partial charge in [-0.1, -0.05) is 18.2 Å². The molecule has 0 amide bonds. The Morgan fingerprint density at radius 2 is 1.65 bits per heavy atom. The van der Waals surface area contributed by atoms with Crippen LogP contribution in [0.15, 0.2) is 42.5 Å². The van der Waals surface area contributed by atoms with E-state index in [1.165, 1.54) is 19.2 Å². The molecule has 0 aliphatic rings. The van der Waals surface area contributed by atoms with Gasteiger partial charge in [-0.05, 0) is 35.4 Å². The summed E-state index contributed by atoms with van der Waals surface area (Å²) in [7, 11) is 1.28. The summed E-state index contributed by atoms with van der Waals surface area (Å²) in [5.41, 5.74) is 1.04. The zero-order chi connectivity index (χ0) is 14.7. The highest BCUT2D eigenvalue weighted by molar-refractivity contribution is 5.90. The Morgan fingerprint density at radius 3 is 2.20 bits per heavy atom. The molecule has 0 saturated carbocycles. The summed E-state index contributed by atoms with van der Waals surface area (Å²) < 4.78 is 17.8. The summed E-state index contributed by atoms with van der Waals surface area (Å²) in [6.45, 7) is 0. The topological polar surface area (TPSA) is 66.4 Å². The van der Waals surface area contributed by atoms with Crippen molar-refractivity contribution in [2.75, 3.05) is 7.11 Å². The molecule has 0 aliphatic carbocycles. The second-order valence-corrected chi connectivity index (χ2v) is 4.05. The lowest BCUT2D eigenvalue weighted by molar-refractivity contribution is -0.255. The molecule has 0 N–H and O–H groups in total. The van der Waals surface area contributed by atoms with Gasteiger partial charge in [0.2, 0.25) is 0 Å². The first-order valence-corrected chi connectivity index (χ1v) is 5.72. The smallest absolute Gasteiger partial charge is 0.337 e. The molecule has 0 radical (unpaired) electrons. The van der Waals surface area contributed by atoms with Gasteiger partial charge in [-0.15, -0.1) is 0 Å². The fraction of sp³-hybridized carbons (Fsp3) is 0.0667. The number of carbonyl (C=O) groups is 2. The number of carbonyl (C=O) groups excluding carboxylic acids is 2. The third-order valence-electron chi connectivity index (χ3n) is 2.83. The van der Waals surface area contributed by atoms with Crippen LogP contribution in [0, 0.1) is 5.82 Å². The third-order valence-corrected chi connectivity index (χ3v) is 2.83. The molecule has 0 atom stereocenters. The van der Waals surface area contributed by atoms with Gasteiger partial charge in [0.05, 0.1) is 18.6 Å². The molecule has 0 saturated heterocycles. The van der Waals surface area contributed by atoms with Crippen molar-refractivity contribution in [3.8, 4) is 11.1 Å². The minimum Gasteiger partial charge on any atom is -0.545 e. The maximum atomic E-state index is 13.3. The fourth-order valence-electron chi connectivity index (χ4n) is 1.78. The second kappa shape index (κ2) is 5.52. The Balaban J connectivity index is 2.39. The van der Waals surface area contributed by atoms with Crippen LogP contribution in [0.4, 0.5) is 4.39 Å². The van der Waals surface area contributed by atoms with Crippen molar-refractivity contribution in [1.82, 2.24) is 0 Å². The molecule has 0 unspecified atom stereocenters. The number of halogens is 1. The zero-order valence-electron chi connectivity index (χ0n) is 10.6. The van der Waals surface area contributed by atoms with Crippen LogP contribution < -0.4 is 5.11 Å². The third kappa shape index (κ3) is 2.66. The van der Waals surface area contributed by atoms with Crippen molar-refractivity contribution in [1.29, 1.82) is 0 Å². The maximum Gasteiger partial charge on any atom is 0.337 e. The fourth-order valence-corrected chi connectivity index (χ4v) is 1.78. The van der Waals surface area contributed by atoms with Crippen LogP contribution in [0.1, 0.15) is 20.7 Å². The highest BCUT2D eigenvalue weighted by Crippen LogP contribution is 2.22. The number of ether oxygens (including phenoxy) is 1. The molecule has 5 heteroatoms. The zero-order valence-corrected chi connectivity index (χ0v) is 10.6. The van der Waals surface area contributed by atoms with Gasteiger partial charge in [-0.2, -0.15) is 0 Å². The number of rotatable bonds is 3. The lowest BCUT2D eigenvalue weighted by atomic mass is 10.0. The van der Waals surface area contributed by atoms with Gasteiger partial charge in [0.25, 0.3) is 0 Å². The minimum atomic E-state index is -1.57. The Hall–Kier alpha value is -2.69. The first-order chi connectivity index (χ1) is 9.52. The molecule has 2 aromatic carbocycles. The van der Waals surface area contributed by atoms with E-state index in [1.807, 2.05) is 0 Å². The molecule has 102 valence electrons. The molecule has 2 rings (SSSR count). The molecule has 0 spiro atoms. The maximum absolute atomic E-state index is 13.3. The quantitative estimate of drug-likeness (QED) is 0.797. The standard InChI is InChI=1S/C15H11FO4/c1-20-15(19)10-4-2-9(3-5-10)11-6-7-13(16)12(8-11)14(17)18/h2-8H,1H3,(H,17,18)/p-1. The van der Waals surface area contributed by atoms with Crippen LogP contribution in [0.3, 0.4) is 0 Å². The van der Waals surface area contributed by atoms with Crippen LogP contribution in [0.25, 0.3) is 11.1 Å². The number of benzene rings is 2. The van der Waals surface area contributed by atoms with E-state index in [-0.39, 0.29) is 0 Å².